The molecule has 1 aromatic carbocycles. The Hall–Kier alpha value is -0.820. The summed E-state index contributed by atoms with van der Waals surface area (Å²) in [5.41, 5.74) is 0.569. The first kappa shape index (κ1) is 14.6. The summed E-state index contributed by atoms with van der Waals surface area (Å²) in [7, 11) is -3.58. The normalized spacial score (nSPS) is 20.1. The molecule has 1 amide bonds. The van der Waals surface area contributed by atoms with Crippen molar-refractivity contribution < 1.29 is 13.2 Å². The van der Waals surface area contributed by atoms with Crippen LogP contribution in [0.5, 0.6) is 0 Å². The molecule has 19 heavy (non-hydrogen) atoms. The number of sulfonamides is 1. The lowest BCUT2D eigenvalue weighted by atomic mass is 10.1. The zero-order chi connectivity index (χ0) is 14.2. The van der Waals surface area contributed by atoms with E-state index in [1.807, 2.05) is 0 Å². The van der Waals surface area contributed by atoms with E-state index in [0.717, 1.165) is 0 Å². The Bertz CT molecular complexity index is 598. The summed E-state index contributed by atoms with van der Waals surface area (Å²) < 4.78 is 22.1. The van der Waals surface area contributed by atoms with E-state index < -0.39 is 10.0 Å². The van der Waals surface area contributed by atoms with Crippen LogP contribution in [0.1, 0.15) is 6.42 Å². The predicted octanol–water partition coefficient (Wildman–Crippen LogP) is 1.63. The average molecular weight is 323 g/mol. The molecule has 1 saturated heterocycles. The highest BCUT2D eigenvalue weighted by Gasteiger charge is 2.33. The van der Waals surface area contributed by atoms with Crippen molar-refractivity contribution in [2.75, 3.05) is 17.2 Å². The quantitative estimate of drug-likeness (QED) is 0.918. The number of nitrogens with zero attached hydrogens (tertiary/aromatic N) is 1. The molecule has 2 rings (SSSR count). The molecule has 0 radical (unpaired) electrons. The van der Waals surface area contributed by atoms with Crippen molar-refractivity contribution in [2.45, 2.75) is 6.42 Å². The summed E-state index contributed by atoms with van der Waals surface area (Å²) in [6.07, 6.45) is 0.153. The van der Waals surface area contributed by atoms with Crippen LogP contribution >= 0.6 is 23.2 Å². The lowest BCUT2D eigenvalue weighted by Gasteiger charge is -2.17. The molecule has 1 atom stereocenters. The fourth-order valence-electron chi connectivity index (χ4n) is 2.17. The molecule has 1 aliphatic heterocycles. The molecule has 0 spiro atoms. The zero-order valence-corrected chi connectivity index (χ0v) is 12.2. The molecule has 1 heterocycles. The van der Waals surface area contributed by atoms with Crippen molar-refractivity contribution in [3.05, 3.63) is 28.2 Å². The van der Waals surface area contributed by atoms with Gasteiger partial charge in [0.05, 0.1) is 5.75 Å². The van der Waals surface area contributed by atoms with Crippen LogP contribution < -0.4 is 10.0 Å². The van der Waals surface area contributed by atoms with Gasteiger partial charge in [0.1, 0.15) is 0 Å². The summed E-state index contributed by atoms with van der Waals surface area (Å²) in [6.45, 7) is 0.298. The Labute approximate surface area is 121 Å². The van der Waals surface area contributed by atoms with Crippen molar-refractivity contribution in [2.24, 2.45) is 11.1 Å². The van der Waals surface area contributed by atoms with Gasteiger partial charge in [-0.05, 0) is 18.2 Å². The highest BCUT2D eigenvalue weighted by atomic mass is 35.5. The van der Waals surface area contributed by atoms with Gasteiger partial charge in [0, 0.05) is 34.6 Å². The standard InChI is InChI=1S/C11H12Cl2N2O3S/c12-8-2-9(13)4-10(3-8)15-5-7(1-11(15)16)6-19(14,17)18/h2-4,7H,1,5-6H2,(H2,14,17,18). The van der Waals surface area contributed by atoms with Gasteiger partial charge < -0.3 is 4.90 Å². The number of hydrogen-bond donors (Lipinski definition) is 1. The van der Waals surface area contributed by atoms with Gasteiger partial charge >= 0.3 is 0 Å². The van der Waals surface area contributed by atoms with E-state index in [9.17, 15) is 13.2 Å². The van der Waals surface area contributed by atoms with Crippen LogP contribution in [0.4, 0.5) is 5.69 Å². The maximum absolute atomic E-state index is 11.9. The number of rotatable bonds is 3. The molecule has 2 N–H and O–H groups in total. The number of primary sulfonamides is 1. The SMILES string of the molecule is NS(=O)(=O)CC1CC(=O)N(c2cc(Cl)cc(Cl)c2)C1. The molecule has 0 aromatic heterocycles. The number of carbonyl (C=O) groups excluding carboxylic acids is 1. The molecule has 1 aliphatic rings. The second-order valence-electron chi connectivity index (χ2n) is 4.53. The molecular formula is C11H12Cl2N2O3S. The van der Waals surface area contributed by atoms with Crippen LogP contribution in [0, 0.1) is 5.92 Å². The summed E-state index contributed by atoms with van der Waals surface area (Å²) in [5, 5.41) is 5.84. The molecule has 1 fully saturated rings. The van der Waals surface area contributed by atoms with Gasteiger partial charge in [-0.3, -0.25) is 4.79 Å². The molecule has 104 valence electrons. The Morgan fingerprint density at radius 3 is 2.37 bits per heavy atom. The number of amides is 1. The number of carbonyl (C=O) groups is 1. The molecule has 5 nitrogen and oxygen atoms in total. The summed E-state index contributed by atoms with van der Waals surface area (Å²) in [4.78, 5) is 13.4. The molecule has 1 unspecified atom stereocenters. The predicted molar refractivity (Wildman–Crippen MR) is 74.9 cm³/mol. The van der Waals surface area contributed by atoms with Crippen LogP contribution in [-0.4, -0.2) is 26.6 Å². The second kappa shape index (κ2) is 5.28. The van der Waals surface area contributed by atoms with Gasteiger partial charge in [0.25, 0.3) is 0 Å². The monoisotopic (exact) mass is 322 g/mol. The van der Waals surface area contributed by atoms with E-state index in [1.165, 1.54) is 4.90 Å². The smallest absolute Gasteiger partial charge is 0.227 e. The van der Waals surface area contributed by atoms with Gasteiger partial charge in [-0.25, -0.2) is 13.6 Å². The molecule has 0 saturated carbocycles. The highest BCUT2D eigenvalue weighted by Crippen LogP contribution is 2.30. The van der Waals surface area contributed by atoms with Gasteiger partial charge in [-0.2, -0.15) is 0 Å². The third kappa shape index (κ3) is 3.82. The topological polar surface area (TPSA) is 80.5 Å². The Morgan fingerprint density at radius 2 is 1.84 bits per heavy atom. The summed E-state index contributed by atoms with van der Waals surface area (Å²) in [5.74, 6) is -0.670. The number of nitrogens with two attached hydrogens (primary N) is 1. The minimum Gasteiger partial charge on any atom is -0.312 e. The van der Waals surface area contributed by atoms with Crippen molar-refractivity contribution in [3.8, 4) is 0 Å². The fraction of sp³-hybridized carbons (Fsp3) is 0.364. The van der Waals surface area contributed by atoms with Crippen LogP contribution in [-0.2, 0) is 14.8 Å². The zero-order valence-electron chi connectivity index (χ0n) is 9.84. The van der Waals surface area contributed by atoms with E-state index in [-0.39, 0.29) is 24.0 Å². The summed E-state index contributed by atoms with van der Waals surface area (Å²) >= 11 is 11.8. The molecule has 8 heteroatoms. The molecule has 0 aliphatic carbocycles. The Balaban J connectivity index is 2.20. The van der Waals surface area contributed by atoms with Gasteiger partial charge in [0.15, 0.2) is 0 Å². The van der Waals surface area contributed by atoms with Crippen LogP contribution in [0.3, 0.4) is 0 Å². The number of hydrogen-bond acceptors (Lipinski definition) is 3. The summed E-state index contributed by atoms with van der Waals surface area (Å²) in [6, 6.07) is 4.80. The first-order chi connectivity index (χ1) is 8.74. The third-order valence-corrected chi connectivity index (χ3v) is 4.20. The fourth-order valence-corrected chi connectivity index (χ4v) is 3.56. The third-order valence-electron chi connectivity index (χ3n) is 2.83. The molecule has 0 bridgehead atoms. The Morgan fingerprint density at radius 1 is 1.26 bits per heavy atom. The number of halogens is 2. The van der Waals surface area contributed by atoms with Gasteiger partial charge in [-0.1, -0.05) is 23.2 Å². The number of benzene rings is 1. The number of anilines is 1. The molecular weight excluding hydrogens is 311 g/mol. The maximum Gasteiger partial charge on any atom is 0.227 e. The van der Waals surface area contributed by atoms with E-state index in [4.69, 9.17) is 28.3 Å². The van der Waals surface area contributed by atoms with Crippen molar-refractivity contribution >= 4 is 44.8 Å². The van der Waals surface area contributed by atoms with Gasteiger partial charge in [-0.15, -0.1) is 0 Å². The van der Waals surface area contributed by atoms with E-state index in [2.05, 4.69) is 0 Å². The average Bonchev–Trinajstić information content (AvgIpc) is 2.54. The van der Waals surface area contributed by atoms with E-state index >= 15 is 0 Å². The Kier molecular flexibility index (Phi) is 4.06. The minimum atomic E-state index is -3.58. The largest absolute Gasteiger partial charge is 0.312 e. The van der Waals surface area contributed by atoms with Crippen LogP contribution in [0.15, 0.2) is 18.2 Å². The van der Waals surface area contributed by atoms with Crippen molar-refractivity contribution in [1.82, 2.24) is 0 Å². The first-order valence-electron chi connectivity index (χ1n) is 5.51. The molecule has 1 aromatic rings. The van der Waals surface area contributed by atoms with Gasteiger partial charge in [0.2, 0.25) is 15.9 Å². The van der Waals surface area contributed by atoms with Crippen LogP contribution in [0.25, 0.3) is 0 Å². The maximum atomic E-state index is 11.9. The highest BCUT2D eigenvalue weighted by molar-refractivity contribution is 7.89. The lowest BCUT2D eigenvalue weighted by molar-refractivity contribution is -0.117. The minimum absolute atomic E-state index is 0.153. The first-order valence-corrected chi connectivity index (χ1v) is 7.98. The lowest BCUT2D eigenvalue weighted by Crippen LogP contribution is -2.27. The van der Waals surface area contributed by atoms with E-state index in [0.29, 0.717) is 22.3 Å². The van der Waals surface area contributed by atoms with Crippen molar-refractivity contribution in [1.29, 1.82) is 0 Å². The van der Waals surface area contributed by atoms with E-state index in [1.54, 1.807) is 18.2 Å². The van der Waals surface area contributed by atoms with Crippen molar-refractivity contribution in [3.63, 3.8) is 0 Å². The van der Waals surface area contributed by atoms with Crippen LogP contribution in [0.2, 0.25) is 10.0 Å². The second-order valence-corrected chi connectivity index (χ2v) is 7.06.